The van der Waals surface area contributed by atoms with E-state index in [2.05, 4.69) is 5.32 Å². The average Bonchev–Trinajstić information content (AvgIpc) is 2.28. The smallest absolute Gasteiger partial charge is 0.254 e. The Kier molecular flexibility index (Phi) is 4.74. The van der Waals surface area contributed by atoms with Gasteiger partial charge in [0, 0.05) is 11.1 Å². The first kappa shape index (κ1) is 13.0. The van der Waals surface area contributed by atoms with Gasteiger partial charge in [0.15, 0.2) is 0 Å². The number of carbonyl (C=O) groups excluding carboxylic acids is 1. The van der Waals surface area contributed by atoms with Crippen molar-refractivity contribution in [3.8, 4) is 0 Å². The third-order valence-corrected chi connectivity index (χ3v) is 2.73. The number of nitrogens with one attached hydrogen (secondary N) is 1. The molecule has 0 aliphatic carbocycles. The van der Waals surface area contributed by atoms with E-state index < -0.39 is 11.7 Å². The van der Waals surface area contributed by atoms with Crippen LogP contribution < -0.4 is 5.32 Å². The van der Waals surface area contributed by atoms with Crippen molar-refractivity contribution in [3.63, 3.8) is 0 Å². The van der Waals surface area contributed by atoms with Crippen LogP contribution in [0.15, 0.2) is 18.2 Å². The molecular formula is C12H15ClFNO. The van der Waals surface area contributed by atoms with Crippen molar-refractivity contribution >= 4 is 17.5 Å². The summed E-state index contributed by atoms with van der Waals surface area (Å²) in [6.45, 7) is 3.95. The first-order valence-electron chi connectivity index (χ1n) is 5.34. The van der Waals surface area contributed by atoms with Crippen molar-refractivity contribution in [1.29, 1.82) is 0 Å². The molecule has 1 aromatic rings. The van der Waals surface area contributed by atoms with Crippen LogP contribution in [0.5, 0.6) is 0 Å². The largest absolute Gasteiger partial charge is 0.349 e. The zero-order valence-corrected chi connectivity index (χ0v) is 10.1. The van der Waals surface area contributed by atoms with Gasteiger partial charge in [0.05, 0.1) is 5.56 Å². The Bertz CT molecular complexity index is 377. The summed E-state index contributed by atoms with van der Waals surface area (Å²) >= 11 is 5.72. The third kappa shape index (κ3) is 3.20. The highest BCUT2D eigenvalue weighted by atomic mass is 35.5. The highest BCUT2D eigenvalue weighted by Gasteiger charge is 2.14. The molecular weight excluding hydrogens is 229 g/mol. The number of halogens is 2. The molecule has 0 fully saturated rings. The Morgan fingerprint density at radius 1 is 1.44 bits per heavy atom. The van der Waals surface area contributed by atoms with E-state index in [0.29, 0.717) is 5.02 Å². The highest BCUT2D eigenvalue weighted by molar-refractivity contribution is 6.30. The highest BCUT2D eigenvalue weighted by Crippen LogP contribution is 2.15. The summed E-state index contributed by atoms with van der Waals surface area (Å²) in [6.07, 6.45) is 1.65. The fourth-order valence-electron chi connectivity index (χ4n) is 1.43. The van der Waals surface area contributed by atoms with E-state index >= 15 is 0 Å². The van der Waals surface area contributed by atoms with Gasteiger partial charge in [0.1, 0.15) is 5.82 Å². The van der Waals surface area contributed by atoms with Crippen LogP contribution in [0, 0.1) is 5.82 Å². The lowest BCUT2D eigenvalue weighted by molar-refractivity contribution is 0.0931. The lowest BCUT2D eigenvalue weighted by Gasteiger charge is -2.14. The lowest BCUT2D eigenvalue weighted by atomic mass is 10.1. The maximum atomic E-state index is 13.4. The Balaban J connectivity index is 2.83. The monoisotopic (exact) mass is 243 g/mol. The molecule has 0 heterocycles. The summed E-state index contributed by atoms with van der Waals surface area (Å²) in [7, 11) is 0. The van der Waals surface area contributed by atoms with E-state index in [1.54, 1.807) is 0 Å². The summed E-state index contributed by atoms with van der Waals surface area (Å²) in [5.41, 5.74) is -0.000556. The molecule has 0 spiro atoms. The molecule has 16 heavy (non-hydrogen) atoms. The van der Waals surface area contributed by atoms with Crippen molar-refractivity contribution in [3.05, 3.63) is 34.6 Å². The van der Waals surface area contributed by atoms with Crippen LogP contribution in [-0.2, 0) is 0 Å². The minimum absolute atomic E-state index is 0.000556. The van der Waals surface area contributed by atoms with Crippen LogP contribution in [-0.4, -0.2) is 11.9 Å². The molecule has 0 aliphatic rings. The first-order chi connectivity index (χ1) is 7.58. The van der Waals surface area contributed by atoms with Crippen LogP contribution in [0.25, 0.3) is 0 Å². The summed E-state index contributed by atoms with van der Waals surface area (Å²) < 4.78 is 13.4. The normalized spacial score (nSPS) is 10.6. The number of carbonyl (C=O) groups is 1. The molecule has 88 valence electrons. The molecule has 2 nitrogen and oxygen atoms in total. The summed E-state index contributed by atoms with van der Waals surface area (Å²) in [6, 6.07) is 4.04. The quantitative estimate of drug-likeness (QED) is 0.863. The second-order valence-corrected chi connectivity index (χ2v) is 4.05. The van der Waals surface area contributed by atoms with Crippen LogP contribution in [0.2, 0.25) is 5.02 Å². The Morgan fingerprint density at radius 2 is 2.06 bits per heavy atom. The molecule has 0 unspecified atom stereocenters. The van der Waals surface area contributed by atoms with Crippen LogP contribution in [0.4, 0.5) is 4.39 Å². The zero-order valence-electron chi connectivity index (χ0n) is 9.39. The topological polar surface area (TPSA) is 29.1 Å². The van der Waals surface area contributed by atoms with Gasteiger partial charge in [-0.2, -0.15) is 0 Å². The minimum Gasteiger partial charge on any atom is -0.349 e. The molecule has 0 radical (unpaired) electrons. The summed E-state index contributed by atoms with van der Waals surface area (Å²) in [4.78, 5) is 11.7. The molecule has 0 aromatic heterocycles. The standard InChI is InChI=1S/C12H15ClFNO/c1-3-9(4-2)15-12(16)10-7-8(13)5-6-11(10)14/h5-7,9H,3-4H2,1-2H3,(H,15,16). The van der Waals surface area contributed by atoms with Crippen molar-refractivity contribution in [2.75, 3.05) is 0 Å². The van der Waals surface area contributed by atoms with E-state index in [0.717, 1.165) is 12.8 Å². The molecule has 0 saturated heterocycles. The molecule has 0 aliphatic heterocycles. The fraction of sp³-hybridized carbons (Fsp3) is 0.417. The predicted molar refractivity (Wildman–Crippen MR) is 63.2 cm³/mol. The van der Waals surface area contributed by atoms with Crippen molar-refractivity contribution in [2.24, 2.45) is 0 Å². The van der Waals surface area contributed by atoms with E-state index in [1.807, 2.05) is 13.8 Å². The lowest BCUT2D eigenvalue weighted by Crippen LogP contribution is -2.34. The average molecular weight is 244 g/mol. The molecule has 1 rings (SSSR count). The molecule has 1 aromatic carbocycles. The van der Waals surface area contributed by atoms with Gasteiger partial charge in [0.2, 0.25) is 0 Å². The third-order valence-electron chi connectivity index (χ3n) is 2.49. The number of hydrogen-bond acceptors (Lipinski definition) is 1. The van der Waals surface area contributed by atoms with Gasteiger partial charge in [0.25, 0.3) is 5.91 Å². The number of rotatable bonds is 4. The second-order valence-electron chi connectivity index (χ2n) is 3.61. The van der Waals surface area contributed by atoms with E-state index in [4.69, 9.17) is 11.6 Å². The molecule has 4 heteroatoms. The van der Waals surface area contributed by atoms with Gasteiger partial charge in [-0.3, -0.25) is 4.79 Å². The molecule has 0 saturated carbocycles. The van der Waals surface area contributed by atoms with Crippen LogP contribution in [0.3, 0.4) is 0 Å². The van der Waals surface area contributed by atoms with Crippen LogP contribution in [0.1, 0.15) is 37.0 Å². The van der Waals surface area contributed by atoms with Gasteiger partial charge < -0.3 is 5.32 Å². The Morgan fingerprint density at radius 3 is 2.62 bits per heavy atom. The first-order valence-corrected chi connectivity index (χ1v) is 5.72. The van der Waals surface area contributed by atoms with Crippen molar-refractivity contribution in [1.82, 2.24) is 5.32 Å². The number of benzene rings is 1. The maximum Gasteiger partial charge on any atom is 0.254 e. The fourth-order valence-corrected chi connectivity index (χ4v) is 1.60. The van der Waals surface area contributed by atoms with Gasteiger partial charge in [-0.15, -0.1) is 0 Å². The zero-order chi connectivity index (χ0) is 12.1. The van der Waals surface area contributed by atoms with E-state index in [1.165, 1.54) is 18.2 Å². The maximum absolute atomic E-state index is 13.4. The molecule has 0 bridgehead atoms. The number of hydrogen-bond donors (Lipinski definition) is 1. The van der Waals surface area contributed by atoms with Gasteiger partial charge >= 0.3 is 0 Å². The molecule has 1 amide bonds. The van der Waals surface area contributed by atoms with Gasteiger partial charge in [-0.05, 0) is 31.0 Å². The van der Waals surface area contributed by atoms with E-state index in [9.17, 15) is 9.18 Å². The molecule has 1 N–H and O–H groups in total. The Labute approximate surface area is 99.8 Å². The van der Waals surface area contributed by atoms with Crippen molar-refractivity contribution in [2.45, 2.75) is 32.7 Å². The van der Waals surface area contributed by atoms with Crippen LogP contribution >= 0.6 is 11.6 Å². The molecule has 0 atom stereocenters. The van der Waals surface area contributed by atoms with E-state index in [-0.39, 0.29) is 11.6 Å². The predicted octanol–water partition coefficient (Wildman–Crippen LogP) is 3.40. The second kappa shape index (κ2) is 5.85. The van der Waals surface area contributed by atoms with Gasteiger partial charge in [-0.1, -0.05) is 25.4 Å². The number of amides is 1. The SMILES string of the molecule is CCC(CC)NC(=O)c1cc(Cl)ccc1F. The summed E-state index contributed by atoms with van der Waals surface area (Å²) in [5, 5.41) is 3.12. The minimum atomic E-state index is -0.548. The van der Waals surface area contributed by atoms with Gasteiger partial charge in [-0.25, -0.2) is 4.39 Å². The summed E-state index contributed by atoms with van der Waals surface area (Å²) in [5.74, 6) is -0.957. The van der Waals surface area contributed by atoms with Crippen molar-refractivity contribution < 1.29 is 9.18 Å². The Hall–Kier alpha value is -1.09.